The number of hydrogen-bond acceptors (Lipinski definition) is 4. The van der Waals surface area contributed by atoms with Gasteiger partial charge in [-0.2, -0.15) is 0 Å². The van der Waals surface area contributed by atoms with Crippen LogP contribution >= 0.6 is 11.3 Å². The summed E-state index contributed by atoms with van der Waals surface area (Å²) in [5.74, 6) is -0.150. The SMILES string of the molecule is CC(C)(C)NC(=O)c1nc(-c2ccccc2)sc1NC(C)(C)C. The summed E-state index contributed by atoms with van der Waals surface area (Å²) in [7, 11) is 0. The molecular formula is C18H25N3OS. The van der Waals surface area contributed by atoms with Crippen molar-refractivity contribution in [1.29, 1.82) is 0 Å². The molecule has 0 spiro atoms. The first-order valence-corrected chi connectivity index (χ1v) is 8.54. The van der Waals surface area contributed by atoms with Crippen molar-refractivity contribution in [3.8, 4) is 10.6 Å². The van der Waals surface area contributed by atoms with E-state index in [9.17, 15) is 4.79 Å². The lowest BCUT2D eigenvalue weighted by Gasteiger charge is -2.23. The second-order valence-corrected chi connectivity index (χ2v) is 8.64. The van der Waals surface area contributed by atoms with Crippen molar-refractivity contribution in [3.05, 3.63) is 36.0 Å². The minimum Gasteiger partial charge on any atom is -0.370 e. The van der Waals surface area contributed by atoms with Crippen LogP contribution in [0.4, 0.5) is 5.00 Å². The summed E-state index contributed by atoms with van der Waals surface area (Å²) in [4.78, 5) is 17.2. The summed E-state index contributed by atoms with van der Waals surface area (Å²) in [5.41, 5.74) is 1.03. The van der Waals surface area contributed by atoms with Gasteiger partial charge in [-0.15, -0.1) is 0 Å². The van der Waals surface area contributed by atoms with Gasteiger partial charge < -0.3 is 10.6 Å². The molecule has 0 aliphatic carbocycles. The van der Waals surface area contributed by atoms with E-state index in [1.807, 2.05) is 51.1 Å². The van der Waals surface area contributed by atoms with E-state index in [1.54, 1.807) is 0 Å². The van der Waals surface area contributed by atoms with Crippen LogP contribution < -0.4 is 10.6 Å². The van der Waals surface area contributed by atoms with Crippen molar-refractivity contribution < 1.29 is 4.79 Å². The Balaban J connectivity index is 2.42. The van der Waals surface area contributed by atoms with Crippen LogP contribution in [0.5, 0.6) is 0 Å². The van der Waals surface area contributed by atoms with Crippen LogP contribution in [0.25, 0.3) is 10.6 Å². The van der Waals surface area contributed by atoms with Gasteiger partial charge in [0, 0.05) is 16.6 Å². The Morgan fingerprint density at radius 2 is 1.61 bits per heavy atom. The molecule has 1 amide bonds. The number of rotatable bonds is 3. The summed E-state index contributed by atoms with van der Waals surface area (Å²) in [5, 5.41) is 8.04. The molecule has 0 unspecified atom stereocenters. The van der Waals surface area contributed by atoms with Crippen molar-refractivity contribution in [2.24, 2.45) is 0 Å². The largest absolute Gasteiger partial charge is 0.370 e. The van der Waals surface area contributed by atoms with Crippen LogP contribution in [-0.2, 0) is 0 Å². The fraction of sp³-hybridized carbons (Fsp3) is 0.444. The van der Waals surface area contributed by atoms with Crippen LogP contribution in [0, 0.1) is 0 Å². The van der Waals surface area contributed by atoms with Crippen molar-refractivity contribution in [2.75, 3.05) is 5.32 Å². The van der Waals surface area contributed by atoms with Crippen LogP contribution in [0.2, 0.25) is 0 Å². The van der Waals surface area contributed by atoms with Gasteiger partial charge in [-0.05, 0) is 41.5 Å². The van der Waals surface area contributed by atoms with E-state index in [0.29, 0.717) is 5.69 Å². The lowest BCUT2D eigenvalue weighted by Crippen LogP contribution is -2.41. The van der Waals surface area contributed by atoms with Crippen LogP contribution in [0.15, 0.2) is 30.3 Å². The highest BCUT2D eigenvalue weighted by Crippen LogP contribution is 2.34. The van der Waals surface area contributed by atoms with E-state index in [0.717, 1.165) is 15.6 Å². The highest BCUT2D eigenvalue weighted by atomic mass is 32.1. The fourth-order valence-corrected chi connectivity index (χ4v) is 3.18. The molecule has 0 atom stereocenters. The standard InChI is InChI=1S/C18H25N3OS/c1-17(2,3)20-14(22)13-16(21-18(4,5)6)23-15(19-13)12-10-8-7-9-11-12/h7-11,21H,1-6H3,(H,20,22). The van der Waals surface area contributed by atoms with Gasteiger partial charge >= 0.3 is 0 Å². The molecule has 0 fully saturated rings. The summed E-state index contributed by atoms with van der Waals surface area (Å²) in [6.07, 6.45) is 0. The Kier molecular flexibility index (Phi) is 4.80. The van der Waals surface area contributed by atoms with Crippen molar-refractivity contribution in [1.82, 2.24) is 10.3 Å². The van der Waals surface area contributed by atoms with Gasteiger partial charge in [0.25, 0.3) is 5.91 Å². The topological polar surface area (TPSA) is 54.0 Å². The van der Waals surface area contributed by atoms with E-state index >= 15 is 0 Å². The summed E-state index contributed by atoms with van der Waals surface area (Å²) in [6, 6.07) is 9.93. The zero-order valence-electron chi connectivity index (χ0n) is 14.7. The average molecular weight is 331 g/mol. The molecule has 0 radical (unpaired) electrons. The average Bonchev–Trinajstić information content (AvgIpc) is 2.79. The number of amides is 1. The minimum atomic E-state index is -0.299. The Hall–Kier alpha value is -1.88. The third kappa shape index (κ3) is 5.06. The number of carbonyl (C=O) groups excluding carboxylic acids is 1. The number of thiazole rings is 1. The van der Waals surface area contributed by atoms with Gasteiger partial charge in [-0.1, -0.05) is 41.7 Å². The molecule has 23 heavy (non-hydrogen) atoms. The Labute approximate surface area is 142 Å². The van der Waals surface area contributed by atoms with Crippen molar-refractivity contribution >= 4 is 22.2 Å². The van der Waals surface area contributed by atoms with Gasteiger partial charge in [0.05, 0.1) is 0 Å². The maximum Gasteiger partial charge on any atom is 0.273 e. The molecule has 2 aromatic rings. The molecule has 0 aliphatic heterocycles. The van der Waals surface area contributed by atoms with Crippen molar-refractivity contribution in [2.45, 2.75) is 52.6 Å². The van der Waals surface area contributed by atoms with Crippen molar-refractivity contribution in [3.63, 3.8) is 0 Å². The normalized spacial score (nSPS) is 12.1. The first-order valence-electron chi connectivity index (χ1n) is 7.72. The highest BCUT2D eigenvalue weighted by Gasteiger charge is 2.25. The zero-order chi connectivity index (χ0) is 17.3. The maximum atomic E-state index is 12.6. The lowest BCUT2D eigenvalue weighted by molar-refractivity contribution is 0.0916. The zero-order valence-corrected chi connectivity index (χ0v) is 15.5. The monoisotopic (exact) mass is 331 g/mol. The van der Waals surface area contributed by atoms with Gasteiger partial charge in [-0.3, -0.25) is 4.79 Å². The molecule has 1 aromatic heterocycles. The van der Waals surface area contributed by atoms with E-state index in [2.05, 4.69) is 36.4 Å². The summed E-state index contributed by atoms with van der Waals surface area (Å²) < 4.78 is 0. The number of nitrogens with zero attached hydrogens (tertiary/aromatic N) is 1. The van der Waals surface area contributed by atoms with E-state index in [4.69, 9.17) is 0 Å². The van der Waals surface area contributed by atoms with E-state index in [1.165, 1.54) is 11.3 Å². The second kappa shape index (κ2) is 6.32. The van der Waals surface area contributed by atoms with Gasteiger partial charge in [0.1, 0.15) is 10.0 Å². The molecule has 0 aliphatic rings. The highest BCUT2D eigenvalue weighted by molar-refractivity contribution is 7.19. The third-order valence-corrected chi connectivity index (χ3v) is 3.86. The number of hydrogen-bond donors (Lipinski definition) is 2. The number of benzene rings is 1. The number of anilines is 1. The first-order chi connectivity index (χ1) is 10.6. The molecule has 4 nitrogen and oxygen atoms in total. The van der Waals surface area contributed by atoms with Gasteiger partial charge in [0.2, 0.25) is 0 Å². The molecular weight excluding hydrogens is 306 g/mol. The number of carbonyl (C=O) groups is 1. The Morgan fingerprint density at radius 3 is 2.13 bits per heavy atom. The molecule has 124 valence electrons. The Bertz CT molecular complexity index is 679. The predicted molar refractivity (Wildman–Crippen MR) is 98.1 cm³/mol. The molecule has 1 heterocycles. The van der Waals surface area contributed by atoms with Crippen LogP contribution in [0.3, 0.4) is 0 Å². The second-order valence-electron chi connectivity index (χ2n) is 7.64. The maximum absolute atomic E-state index is 12.6. The lowest BCUT2D eigenvalue weighted by atomic mass is 10.1. The smallest absolute Gasteiger partial charge is 0.273 e. The minimum absolute atomic E-state index is 0.142. The molecule has 5 heteroatoms. The molecule has 0 saturated carbocycles. The number of nitrogens with one attached hydrogen (secondary N) is 2. The quantitative estimate of drug-likeness (QED) is 0.867. The van der Waals surface area contributed by atoms with Crippen LogP contribution in [0.1, 0.15) is 52.0 Å². The third-order valence-electron chi connectivity index (χ3n) is 2.84. The van der Waals surface area contributed by atoms with Crippen LogP contribution in [-0.4, -0.2) is 22.0 Å². The van der Waals surface area contributed by atoms with E-state index in [-0.39, 0.29) is 17.0 Å². The predicted octanol–water partition coefficient (Wildman–Crippen LogP) is 4.55. The molecule has 2 N–H and O–H groups in total. The Morgan fingerprint density at radius 1 is 1.00 bits per heavy atom. The summed E-state index contributed by atoms with van der Waals surface area (Å²) in [6.45, 7) is 12.1. The number of aromatic nitrogens is 1. The first kappa shape index (κ1) is 17.5. The van der Waals surface area contributed by atoms with Gasteiger partial charge in [0.15, 0.2) is 5.69 Å². The van der Waals surface area contributed by atoms with E-state index < -0.39 is 0 Å². The molecule has 0 bridgehead atoms. The summed E-state index contributed by atoms with van der Waals surface area (Å²) >= 11 is 1.51. The molecule has 0 saturated heterocycles. The fourth-order valence-electron chi connectivity index (χ4n) is 2.00. The van der Waals surface area contributed by atoms with Gasteiger partial charge in [-0.25, -0.2) is 4.98 Å². The molecule has 2 rings (SSSR count). The molecule has 1 aromatic carbocycles.